The third-order valence-electron chi connectivity index (χ3n) is 1.34. The molecule has 0 aliphatic heterocycles. The zero-order chi connectivity index (χ0) is 9.84. The summed E-state index contributed by atoms with van der Waals surface area (Å²) in [5.41, 5.74) is 0.752. The molecule has 0 saturated carbocycles. The summed E-state index contributed by atoms with van der Waals surface area (Å²) in [4.78, 5) is 11.7. The second kappa shape index (κ2) is 4.88. The first kappa shape index (κ1) is 10.9. The molecule has 1 amide bonds. The van der Waals surface area contributed by atoms with E-state index in [1.54, 1.807) is 6.07 Å². The average Bonchev–Trinajstić information content (AvgIpc) is 2.08. The Hall–Kier alpha value is -0.190. The van der Waals surface area contributed by atoms with E-state index in [-0.39, 0.29) is 5.91 Å². The first-order valence-corrected chi connectivity index (χ1v) is 5.93. The van der Waals surface area contributed by atoms with Gasteiger partial charge < -0.3 is 5.32 Å². The first-order valence-electron chi connectivity index (χ1n) is 3.49. The van der Waals surface area contributed by atoms with Gasteiger partial charge in [0.1, 0.15) is 0 Å². The Labute approximate surface area is 93.7 Å². The quantitative estimate of drug-likeness (QED) is 0.896. The number of rotatable bonds is 2. The van der Waals surface area contributed by atoms with Crippen LogP contribution in [0.3, 0.4) is 0 Å². The zero-order valence-electron chi connectivity index (χ0n) is 6.80. The fourth-order valence-electron chi connectivity index (χ4n) is 0.835. The van der Waals surface area contributed by atoms with E-state index in [0.717, 1.165) is 26.0 Å². The molecule has 0 aliphatic carbocycles. The van der Waals surface area contributed by atoms with E-state index < -0.39 is 0 Å². The molecule has 1 rings (SSSR count). The number of anilines is 1. The molecule has 0 heterocycles. The maximum atomic E-state index is 10.8. The molecule has 0 fully saturated rings. The van der Waals surface area contributed by atoms with Crippen LogP contribution in [0.4, 0.5) is 5.69 Å². The second-order valence-corrected chi connectivity index (χ2v) is 4.34. The predicted octanol–water partition coefficient (Wildman–Crippen LogP) is 3.65. The van der Waals surface area contributed by atoms with Crippen LogP contribution in [0, 0.1) is 0 Å². The van der Waals surface area contributed by atoms with E-state index in [1.807, 2.05) is 12.1 Å². The van der Waals surface area contributed by atoms with E-state index in [1.165, 1.54) is 6.92 Å². The monoisotopic (exact) mass is 279 g/mol. The third-order valence-corrected chi connectivity index (χ3v) is 2.96. The van der Waals surface area contributed by atoms with Crippen molar-refractivity contribution in [1.29, 1.82) is 0 Å². The standard InChI is InChI=1S/C8H7BrClNOS/c1-5(12)11-8-3-2-6(13-10)4-7(8)9/h2-4H,1H3,(H,11,12). The zero-order valence-corrected chi connectivity index (χ0v) is 9.96. The van der Waals surface area contributed by atoms with Gasteiger partial charge in [-0.1, -0.05) is 0 Å². The summed E-state index contributed by atoms with van der Waals surface area (Å²) in [6.45, 7) is 1.47. The summed E-state index contributed by atoms with van der Waals surface area (Å²) in [5.74, 6) is -0.0908. The maximum Gasteiger partial charge on any atom is 0.221 e. The smallest absolute Gasteiger partial charge is 0.221 e. The maximum absolute atomic E-state index is 10.8. The van der Waals surface area contributed by atoms with Crippen molar-refractivity contribution in [2.24, 2.45) is 0 Å². The van der Waals surface area contributed by atoms with Crippen molar-refractivity contribution in [3.63, 3.8) is 0 Å². The van der Waals surface area contributed by atoms with Gasteiger partial charge in [0.2, 0.25) is 5.91 Å². The molecule has 5 heteroatoms. The predicted molar refractivity (Wildman–Crippen MR) is 60.2 cm³/mol. The Kier molecular flexibility index (Phi) is 4.09. The van der Waals surface area contributed by atoms with Gasteiger partial charge in [-0.25, -0.2) is 0 Å². The minimum Gasteiger partial charge on any atom is -0.325 e. The summed E-state index contributed by atoms with van der Waals surface area (Å²) in [6, 6.07) is 5.49. The highest BCUT2D eigenvalue weighted by Crippen LogP contribution is 2.30. The molecule has 0 aromatic heterocycles. The summed E-state index contributed by atoms with van der Waals surface area (Å²) >= 11 is 3.33. The Balaban J connectivity index is 2.91. The summed E-state index contributed by atoms with van der Waals surface area (Å²) in [5, 5.41) is 2.69. The van der Waals surface area contributed by atoms with Crippen LogP contribution in [-0.2, 0) is 4.79 Å². The van der Waals surface area contributed by atoms with Crippen LogP contribution >= 0.6 is 37.6 Å². The number of carbonyl (C=O) groups excluding carboxylic acids is 1. The number of benzene rings is 1. The molecule has 0 aliphatic rings. The molecular formula is C8H7BrClNOS. The number of nitrogens with one attached hydrogen (secondary N) is 1. The van der Waals surface area contributed by atoms with Crippen molar-refractivity contribution in [2.45, 2.75) is 11.8 Å². The summed E-state index contributed by atoms with van der Waals surface area (Å²) < 4.78 is 0.827. The van der Waals surface area contributed by atoms with Crippen molar-refractivity contribution in [1.82, 2.24) is 0 Å². The van der Waals surface area contributed by atoms with Gasteiger partial charge in [0.25, 0.3) is 0 Å². The van der Waals surface area contributed by atoms with Gasteiger partial charge in [-0.3, -0.25) is 4.79 Å². The lowest BCUT2D eigenvalue weighted by molar-refractivity contribution is -0.114. The number of hydrogen-bond donors (Lipinski definition) is 1. The highest BCUT2D eigenvalue weighted by Gasteiger charge is 2.02. The molecule has 1 N–H and O–H groups in total. The average molecular weight is 281 g/mol. The highest BCUT2D eigenvalue weighted by molar-refractivity contribution is 9.10. The van der Waals surface area contributed by atoms with Crippen LogP contribution in [0.5, 0.6) is 0 Å². The van der Waals surface area contributed by atoms with Gasteiger partial charge in [-0.2, -0.15) is 0 Å². The topological polar surface area (TPSA) is 29.1 Å². The molecule has 1 aromatic carbocycles. The first-order chi connectivity index (χ1) is 6.13. The normalized spacial score (nSPS) is 9.77. The lowest BCUT2D eigenvalue weighted by Crippen LogP contribution is -2.05. The minimum absolute atomic E-state index is 0.0908. The largest absolute Gasteiger partial charge is 0.325 e. The van der Waals surface area contributed by atoms with E-state index in [9.17, 15) is 4.79 Å². The van der Waals surface area contributed by atoms with Crippen molar-refractivity contribution in [3.8, 4) is 0 Å². The molecular weight excluding hydrogens is 274 g/mol. The van der Waals surface area contributed by atoms with Crippen LogP contribution < -0.4 is 5.32 Å². The van der Waals surface area contributed by atoms with Gasteiger partial charge in [-0.15, -0.1) is 0 Å². The Morgan fingerprint density at radius 2 is 2.31 bits per heavy atom. The molecule has 0 saturated heterocycles. The lowest BCUT2D eigenvalue weighted by atomic mass is 10.3. The SMILES string of the molecule is CC(=O)Nc1ccc(SCl)cc1Br. The second-order valence-electron chi connectivity index (χ2n) is 2.40. The fraction of sp³-hybridized carbons (Fsp3) is 0.125. The van der Waals surface area contributed by atoms with Crippen LogP contribution in [0.2, 0.25) is 0 Å². The van der Waals surface area contributed by atoms with E-state index >= 15 is 0 Å². The third kappa shape index (κ3) is 3.21. The molecule has 13 heavy (non-hydrogen) atoms. The van der Waals surface area contributed by atoms with E-state index in [2.05, 4.69) is 21.2 Å². The van der Waals surface area contributed by atoms with Crippen LogP contribution in [0.1, 0.15) is 6.92 Å². The number of amides is 1. The molecule has 1 aromatic rings. The highest BCUT2D eigenvalue weighted by atomic mass is 79.9. The molecule has 0 unspecified atom stereocenters. The van der Waals surface area contributed by atoms with E-state index in [0.29, 0.717) is 0 Å². The number of halogens is 2. The van der Waals surface area contributed by atoms with Gasteiger partial charge in [0, 0.05) is 16.3 Å². The van der Waals surface area contributed by atoms with Crippen molar-refractivity contribution in [3.05, 3.63) is 22.7 Å². The Bertz CT molecular complexity index is 332. The van der Waals surface area contributed by atoms with Crippen molar-refractivity contribution < 1.29 is 4.79 Å². The van der Waals surface area contributed by atoms with Crippen molar-refractivity contribution in [2.75, 3.05) is 5.32 Å². The van der Waals surface area contributed by atoms with Crippen molar-refractivity contribution >= 4 is 49.2 Å². The molecule has 0 bridgehead atoms. The molecule has 0 spiro atoms. The minimum atomic E-state index is -0.0908. The van der Waals surface area contributed by atoms with Gasteiger partial charge >= 0.3 is 0 Å². The molecule has 0 radical (unpaired) electrons. The lowest BCUT2D eigenvalue weighted by Gasteiger charge is -2.05. The van der Waals surface area contributed by atoms with Crippen LogP contribution in [0.15, 0.2) is 27.6 Å². The van der Waals surface area contributed by atoms with E-state index in [4.69, 9.17) is 10.7 Å². The Morgan fingerprint density at radius 3 is 2.77 bits per heavy atom. The molecule has 0 atom stereocenters. The summed E-state index contributed by atoms with van der Waals surface area (Å²) in [6.07, 6.45) is 0. The van der Waals surface area contributed by atoms with Gasteiger partial charge in [0.15, 0.2) is 0 Å². The molecule has 2 nitrogen and oxygen atoms in total. The summed E-state index contributed by atoms with van der Waals surface area (Å²) in [7, 11) is 6.71. The van der Waals surface area contributed by atoms with Crippen LogP contribution in [0.25, 0.3) is 0 Å². The van der Waals surface area contributed by atoms with Gasteiger partial charge in [-0.05, 0) is 55.8 Å². The van der Waals surface area contributed by atoms with Gasteiger partial charge in [0.05, 0.1) is 5.69 Å². The Morgan fingerprint density at radius 1 is 1.62 bits per heavy atom. The number of carbonyl (C=O) groups is 1. The molecule has 70 valence electrons. The fourth-order valence-corrected chi connectivity index (χ4v) is 2.03. The number of hydrogen-bond acceptors (Lipinski definition) is 2. The van der Waals surface area contributed by atoms with Crippen LogP contribution in [-0.4, -0.2) is 5.91 Å².